The van der Waals surface area contributed by atoms with Gasteiger partial charge in [0.15, 0.2) is 0 Å². The molecule has 0 aliphatic heterocycles. The molecule has 4 rings (SSSR count). The molecule has 196 valence electrons. The Bertz CT molecular complexity index is 1360. The molecule has 0 fully saturated rings. The second-order valence-corrected chi connectivity index (χ2v) is 9.85. The fourth-order valence-electron chi connectivity index (χ4n) is 4.07. The Morgan fingerprint density at radius 2 is 1.47 bits per heavy atom. The van der Waals surface area contributed by atoms with Crippen LogP contribution in [0.25, 0.3) is 16.9 Å². The molecule has 3 aromatic carbocycles. The van der Waals surface area contributed by atoms with Crippen LogP contribution in [-0.4, -0.2) is 64.9 Å². The lowest BCUT2D eigenvalue weighted by Crippen LogP contribution is -2.42. The lowest BCUT2D eigenvalue weighted by atomic mass is 10.1. The van der Waals surface area contributed by atoms with Gasteiger partial charge in [-0.1, -0.05) is 77.9 Å². The first kappa shape index (κ1) is 26.8. The standard InChI is InChI=1S/C31H35N5O2/c1-23-10-14-26(15-11-23)28-21-36(27-16-12-24(2)13-17-27)31(32-28)33-29(37)22-35(19-18-34(3)4)30(38)20-25-8-6-5-7-9-25/h5-17,21H,18-20,22H2,1-4H3,(H,32,33,37). The summed E-state index contributed by atoms with van der Waals surface area (Å²) < 4.78 is 1.88. The number of nitrogens with zero attached hydrogens (tertiary/aromatic N) is 4. The van der Waals surface area contributed by atoms with Crippen LogP contribution in [0.5, 0.6) is 0 Å². The summed E-state index contributed by atoms with van der Waals surface area (Å²) >= 11 is 0. The largest absolute Gasteiger partial charge is 0.332 e. The van der Waals surface area contributed by atoms with Crippen molar-refractivity contribution in [2.45, 2.75) is 20.3 Å². The fraction of sp³-hybridized carbons (Fsp3) is 0.258. The Morgan fingerprint density at radius 1 is 0.842 bits per heavy atom. The number of nitrogens with one attached hydrogen (secondary N) is 1. The molecule has 7 nitrogen and oxygen atoms in total. The maximum absolute atomic E-state index is 13.3. The summed E-state index contributed by atoms with van der Waals surface area (Å²) in [6, 6.07) is 25.8. The number of likely N-dealkylation sites (N-methyl/N-ethyl adjacent to an activating group) is 1. The van der Waals surface area contributed by atoms with Crippen molar-refractivity contribution < 1.29 is 9.59 Å². The van der Waals surface area contributed by atoms with E-state index in [4.69, 9.17) is 4.98 Å². The van der Waals surface area contributed by atoms with Crippen LogP contribution in [0, 0.1) is 13.8 Å². The van der Waals surface area contributed by atoms with Gasteiger partial charge in [-0.15, -0.1) is 0 Å². The Kier molecular flexibility index (Phi) is 8.71. The number of anilines is 1. The topological polar surface area (TPSA) is 70.5 Å². The van der Waals surface area contributed by atoms with E-state index in [-0.39, 0.29) is 24.8 Å². The quantitative estimate of drug-likeness (QED) is 0.336. The second-order valence-electron chi connectivity index (χ2n) is 9.85. The second kappa shape index (κ2) is 12.3. The van der Waals surface area contributed by atoms with E-state index >= 15 is 0 Å². The monoisotopic (exact) mass is 509 g/mol. The highest BCUT2D eigenvalue weighted by Crippen LogP contribution is 2.25. The van der Waals surface area contributed by atoms with Crippen molar-refractivity contribution in [3.8, 4) is 16.9 Å². The van der Waals surface area contributed by atoms with Gasteiger partial charge in [-0.25, -0.2) is 4.98 Å². The third kappa shape index (κ3) is 7.17. The van der Waals surface area contributed by atoms with Gasteiger partial charge in [0.1, 0.15) is 0 Å². The van der Waals surface area contributed by atoms with Crippen molar-refractivity contribution in [2.75, 3.05) is 39.0 Å². The highest BCUT2D eigenvalue weighted by atomic mass is 16.2. The molecule has 0 saturated heterocycles. The zero-order valence-electron chi connectivity index (χ0n) is 22.5. The molecule has 0 saturated carbocycles. The van der Waals surface area contributed by atoms with Crippen LogP contribution in [0.15, 0.2) is 85.1 Å². The minimum atomic E-state index is -0.292. The molecule has 0 aliphatic carbocycles. The normalized spacial score (nSPS) is 11.0. The zero-order valence-corrected chi connectivity index (χ0v) is 22.5. The van der Waals surface area contributed by atoms with Crippen molar-refractivity contribution in [2.24, 2.45) is 0 Å². The third-order valence-electron chi connectivity index (χ3n) is 6.32. The molecule has 7 heteroatoms. The van der Waals surface area contributed by atoms with E-state index in [2.05, 4.69) is 5.32 Å². The van der Waals surface area contributed by atoms with E-state index in [1.807, 2.05) is 122 Å². The van der Waals surface area contributed by atoms with Crippen molar-refractivity contribution in [1.82, 2.24) is 19.4 Å². The summed E-state index contributed by atoms with van der Waals surface area (Å²) in [7, 11) is 3.90. The maximum Gasteiger partial charge on any atom is 0.246 e. The molecule has 38 heavy (non-hydrogen) atoms. The van der Waals surface area contributed by atoms with E-state index in [9.17, 15) is 9.59 Å². The number of aromatic nitrogens is 2. The fourth-order valence-corrected chi connectivity index (χ4v) is 4.07. The van der Waals surface area contributed by atoms with Crippen LogP contribution in [0.4, 0.5) is 5.95 Å². The molecule has 2 amide bonds. The summed E-state index contributed by atoms with van der Waals surface area (Å²) in [5, 5.41) is 2.97. The van der Waals surface area contributed by atoms with Gasteiger partial charge in [-0.3, -0.25) is 19.5 Å². The van der Waals surface area contributed by atoms with Gasteiger partial charge in [-0.2, -0.15) is 0 Å². The number of carbonyl (C=O) groups excluding carboxylic acids is 2. The minimum Gasteiger partial charge on any atom is -0.332 e. The van der Waals surface area contributed by atoms with Gasteiger partial charge in [0.25, 0.3) is 0 Å². The van der Waals surface area contributed by atoms with Gasteiger partial charge in [0.05, 0.1) is 18.7 Å². The third-order valence-corrected chi connectivity index (χ3v) is 6.32. The summed E-state index contributed by atoms with van der Waals surface area (Å²) in [5.41, 5.74) is 5.84. The molecule has 0 radical (unpaired) electrons. The first-order valence-electron chi connectivity index (χ1n) is 12.8. The summed E-state index contributed by atoms with van der Waals surface area (Å²) in [4.78, 5) is 34.8. The van der Waals surface area contributed by atoms with Crippen molar-refractivity contribution in [3.63, 3.8) is 0 Å². The van der Waals surface area contributed by atoms with E-state index < -0.39 is 0 Å². The highest BCUT2D eigenvalue weighted by molar-refractivity contribution is 5.94. The zero-order chi connectivity index (χ0) is 27.1. The number of amides is 2. The molecular formula is C31H35N5O2. The SMILES string of the molecule is Cc1ccc(-c2cn(-c3ccc(C)cc3)c(NC(=O)CN(CCN(C)C)C(=O)Cc3ccccc3)n2)cc1. The number of imidazole rings is 1. The Hall–Kier alpha value is -4.23. The molecule has 0 bridgehead atoms. The van der Waals surface area contributed by atoms with Gasteiger partial charge in [0, 0.05) is 30.5 Å². The predicted molar refractivity (Wildman–Crippen MR) is 152 cm³/mol. The summed E-state index contributed by atoms with van der Waals surface area (Å²) in [6.45, 7) is 5.13. The predicted octanol–water partition coefficient (Wildman–Crippen LogP) is 4.73. The number of aryl methyl sites for hydroxylation is 2. The molecular weight excluding hydrogens is 474 g/mol. The molecule has 0 unspecified atom stereocenters. The lowest BCUT2D eigenvalue weighted by Gasteiger charge is -2.24. The average Bonchev–Trinajstić information content (AvgIpc) is 3.31. The number of benzene rings is 3. The summed E-state index contributed by atoms with van der Waals surface area (Å²) in [6.07, 6.45) is 2.17. The highest BCUT2D eigenvalue weighted by Gasteiger charge is 2.20. The molecule has 1 N–H and O–H groups in total. The van der Waals surface area contributed by atoms with E-state index in [0.717, 1.165) is 28.1 Å². The molecule has 0 atom stereocenters. The van der Waals surface area contributed by atoms with Gasteiger partial charge >= 0.3 is 0 Å². The van der Waals surface area contributed by atoms with E-state index in [1.165, 1.54) is 5.56 Å². The van der Waals surface area contributed by atoms with E-state index in [1.54, 1.807) is 4.90 Å². The van der Waals surface area contributed by atoms with Crippen molar-refractivity contribution in [1.29, 1.82) is 0 Å². The number of rotatable bonds is 10. The number of carbonyl (C=O) groups is 2. The molecule has 0 aliphatic rings. The minimum absolute atomic E-state index is 0.0554. The maximum atomic E-state index is 13.3. The van der Waals surface area contributed by atoms with Gasteiger partial charge in [0.2, 0.25) is 17.8 Å². The number of hydrogen-bond acceptors (Lipinski definition) is 4. The molecule has 0 spiro atoms. The van der Waals surface area contributed by atoms with Crippen LogP contribution in [0.3, 0.4) is 0 Å². The van der Waals surface area contributed by atoms with Crippen LogP contribution in [0.2, 0.25) is 0 Å². The summed E-state index contributed by atoms with van der Waals surface area (Å²) in [5.74, 6) is 0.0347. The molecule has 1 aromatic heterocycles. The Labute approximate surface area is 224 Å². The molecule has 1 heterocycles. The first-order valence-corrected chi connectivity index (χ1v) is 12.8. The molecule has 4 aromatic rings. The van der Waals surface area contributed by atoms with Crippen LogP contribution in [-0.2, 0) is 16.0 Å². The van der Waals surface area contributed by atoms with Crippen molar-refractivity contribution in [3.05, 3.63) is 102 Å². The average molecular weight is 510 g/mol. The first-order chi connectivity index (χ1) is 18.3. The van der Waals surface area contributed by atoms with Crippen LogP contribution in [0.1, 0.15) is 16.7 Å². The van der Waals surface area contributed by atoms with Crippen LogP contribution >= 0.6 is 0 Å². The van der Waals surface area contributed by atoms with Crippen molar-refractivity contribution >= 4 is 17.8 Å². The van der Waals surface area contributed by atoms with Gasteiger partial charge in [-0.05, 0) is 45.6 Å². The van der Waals surface area contributed by atoms with Gasteiger partial charge < -0.3 is 9.80 Å². The lowest BCUT2D eigenvalue weighted by molar-refractivity contribution is -0.134. The Morgan fingerprint density at radius 3 is 2.11 bits per heavy atom. The Balaban J connectivity index is 1.57. The smallest absolute Gasteiger partial charge is 0.246 e. The van der Waals surface area contributed by atoms with E-state index in [0.29, 0.717) is 19.0 Å². The van der Waals surface area contributed by atoms with Crippen LogP contribution < -0.4 is 5.32 Å². The number of hydrogen-bond donors (Lipinski definition) is 1.